The number of halogens is 17. The first-order valence-corrected chi connectivity index (χ1v) is 5.96. The monoisotopic (exact) mass is 520 g/mol. The minimum Gasteiger partial charge on any atom is -1.00 e. The van der Waals surface area contributed by atoms with Crippen molar-refractivity contribution in [2.24, 2.45) is 0 Å². The zero-order chi connectivity index (χ0) is 25.0. The van der Waals surface area contributed by atoms with Crippen LogP contribution in [0.15, 0.2) is 0 Å². The first-order chi connectivity index (χ1) is 12.6. The Labute approximate surface area is 180 Å². The van der Waals surface area contributed by atoms with Crippen LogP contribution in [0.5, 0.6) is 0 Å². The topological polar surface area (TPSA) is 55.8 Å². The molecule has 0 aliphatic carbocycles. The average molecular weight is 520 g/mol. The van der Waals surface area contributed by atoms with E-state index in [1.165, 1.54) is 9.47 Å². The fourth-order valence-electron chi connectivity index (χ4n) is 1.15. The van der Waals surface area contributed by atoms with Crippen LogP contribution in [-0.2, 0) is 14.3 Å². The molecule has 0 spiro atoms. The van der Waals surface area contributed by atoms with E-state index in [-0.39, 0.29) is 31.0 Å². The predicted molar refractivity (Wildman–Crippen MR) is 51.6 cm³/mol. The second-order valence-electron chi connectivity index (χ2n) is 4.80. The Bertz CT molecular complexity index is 660. The molecule has 0 aliphatic heterocycles. The van der Waals surface area contributed by atoms with Crippen molar-refractivity contribution in [1.29, 1.82) is 0 Å². The number of carboxylic acids is 1. The number of hydrogen-bond acceptors (Lipinski definition) is 3. The minimum atomic E-state index is -8.09. The summed E-state index contributed by atoms with van der Waals surface area (Å²) in [5.74, 6) is -27.3. The van der Waals surface area contributed by atoms with Crippen molar-refractivity contribution in [1.82, 2.24) is 0 Å². The third-order valence-electron chi connectivity index (χ3n) is 2.64. The largest absolute Gasteiger partial charge is 1.00 e. The van der Waals surface area contributed by atoms with Crippen LogP contribution in [0.4, 0.5) is 74.6 Å². The maximum atomic E-state index is 13.5. The Morgan fingerprint density at radius 3 is 1.16 bits per heavy atom. The van der Waals surface area contributed by atoms with Gasteiger partial charge in [0.15, 0.2) is 0 Å². The smallest absolute Gasteiger partial charge is 1.00 e. The molecule has 4 nitrogen and oxygen atoms in total. The molecule has 22 heteroatoms. The first kappa shape index (κ1) is 32.4. The van der Waals surface area contributed by atoms with E-state index < -0.39 is 54.3 Å². The van der Waals surface area contributed by atoms with E-state index in [4.69, 9.17) is 5.11 Å². The van der Waals surface area contributed by atoms with E-state index in [2.05, 4.69) is 0 Å². The van der Waals surface area contributed by atoms with Gasteiger partial charge < -0.3 is 6.53 Å². The van der Waals surface area contributed by atoms with Crippen molar-refractivity contribution in [3.05, 3.63) is 0 Å². The molecule has 0 bridgehead atoms. The molecular weight excluding hydrogens is 518 g/mol. The number of carbonyl (C=O) groups is 1. The number of hydrogen-bond donors (Lipinski definition) is 1. The van der Waals surface area contributed by atoms with Crippen LogP contribution in [-0.4, -0.2) is 59.5 Å². The minimum absolute atomic E-state index is 0. The number of rotatable bonds is 7. The maximum Gasteiger partial charge on any atom is 1.00 e. The van der Waals surface area contributed by atoms with Crippen LogP contribution in [0, 0.1) is 0 Å². The molecule has 182 valence electrons. The summed E-state index contributed by atoms with van der Waals surface area (Å²) in [7, 11) is 0. The molecule has 1 N–H and O–H groups in total. The summed E-state index contributed by atoms with van der Waals surface area (Å²) in [5, 5.41) is 7.85. The summed E-state index contributed by atoms with van der Waals surface area (Å²) < 4.78 is 216. The van der Waals surface area contributed by atoms with Gasteiger partial charge in [0, 0.05) is 0 Å². The van der Waals surface area contributed by atoms with Gasteiger partial charge in [0.25, 0.3) is 0 Å². The van der Waals surface area contributed by atoms with E-state index >= 15 is 0 Å². The van der Waals surface area contributed by atoms with Crippen LogP contribution in [0.2, 0.25) is 0 Å². The number of aliphatic carboxylic acids is 1. The third kappa shape index (κ3) is 5.58. The Morgan fingerprint density at radius 2 is 0.935 bits per heavy atom. The van der Waals surface area contributed by atoms with E-state index in [0.29, 0.717) is 0 Å². The van der Waals surface area contributed by atoms with Crippen molar-refractivity contribution in [2.45, 2.75) is 48.4 Å². The van der Waals surface area contributed by atoms with Gasteiger partial charge in [-0.2, -0.15) is 74.6 Å². The summed E-state index contributed by atoms with van der Waals surface area (Å²) in [6.45, 7) is 0. The molecule has 0 radical (unpaired) electrons. The van der Waals surface area contributed by atoms with Gasteiger partial charge in [0.1, 0.15) is 0 Å². The third-order valence-corrected chi connectivity index (χ3v) is 2.64. The Hall–Kier alpha value is -0.800. The van der Waals surface area contributed by atoms with E-state index in [1.54, 1.807) is 0 Å². The van der Waals surface area contributed by atoms with Gasteiger partial charge in [-0.1, -0.05) is 0 Å². The second-order valence-corrected chi connectivity index (χ2v) is 4.80. The number of carboxylic acid groups (broad SMARTS) is 1. The van der Waals surface area contributed by atoms with Crippen molar-refractivity contribution in [3.63, 3.8) is 0 Å². The van der Waals surface area contributed by atoms with Gasteiger partial charge in [-0.15, -0.1) is 0 Å². The predicted octanol–water partition coefficient (Wildman–Crippen LogP) is 2.06. The van der Waals surface area contributed by atoms with Crippen molar-refractivity contribution < 1.29 is 125 Å². The van der Waals surface area contributed by atoms with Gasteiger partial charge in [-0.05, 0) is 0 Å². The molecule has 0 aromatic carbocycles. The average Bonchev–Trinajstić information content (AvgIpc) is 2.41. The van der Waals surface area contributed by atoms with Crippen molar-refractivity contribution in [3.8, 4) is 0 Å². The van der Waals surface area contributed by atoms with Crippen molar-refractivity contribution >= 4 is 5.97 Å². The summed E-state index contributed by atoms with van der Waals surface area (Å²) >= 11 is 0. The molecule has 0 amide bonds. The Morgan fingerprint density at radius 1 is 0.581 bits per heavy atom. The zero-order valence-corrected chi connectivity index (χ0v) is 15.6. The molecule has 0 rings (SSSR count). The fourth-order valence-corrected chi connectivity index (χ4v) is 1.15. The molecule has 2 unspecified atom stereocenters. The van der Waals surface area contributed by atoms with Gasteiger partial charge >= 0.3 is 83.9 Å². The molecular formula is C9H2F17NaO4. The van der Waals surface area contributed by atoms with Crippen LogP contribution in [0.1, 0.15) is 1.43 Å². The molecule has 0 saturated heterocycles. The number of alkyl halides is 17. The molecule has 0 heterocycles. The summed E-state index contributed by atoms with van der Waals surface area (Å²) in [4.78, 5) is 10.1. The van der Waals surface area contributed by atoms with Crippen LogP contribution < -0.4 is 29.6 Å². The normalized spacial score (nSPS) is 18.6. The molecule has 0 aliphatic rings. The van der Waals surface area contributed by atoms with Crippen LogP contribution in [0.25, 0.3) is 0 Å². The quantitative estimate of drug-likeness (QED) is 0.413. The number of ether oxygens (including phenoxy) is 2. The molecule has 0 fully saturated rings. The molecule has 0 aromatic heterocycles. The fraction of sp³-hybridized carbons (Fsp3) is 0.889. The first-order valence-electron chi connectivity index (χ1n) is 5.96. The SMILES string of the molecule is O=C(O)C(F)(OC(F)(F)C(F)(OC(F)(F)C(F)(F)C(F)(F)F)C(F)(F)F)C(F)(F)F.[H-].[Na+]. The van der Waals surface area contributed by atoms with E-state index in [9.17, 15) is 79.4 Å². The van der Waals surface area contributed by atoms with Gasteiger partial charge in [-0.3, -0.25) is 9.47 Å². The van der Waals surface area contributed by atoms with Crippen molar-refractivity contribution in [2.75, 3.05) is 0 Å². The summed E-state index contributed by atoms with van der Waals surface area (Å²) in [6, 6.07) is 0. The van der Waals surface area contributed by atoms with E-state index in [1.807, 2.05) is 0 Å². The molecule has 0 saturated carbocycles. The molecule has 31 heavy (non-hydrogen) atoms. The molecule has 2 atom stereocenters. The van der Waals surface area contributed by atoms with Crippen LogP contribution in [0.3, 0.4) is 0 Å². The maximum absolute atomic E-state index is 13.5. The Kier molecular flexibility index (Phi) is 8.90. The standard InChI is InChI=1S/C9HF17O4.Na.H/c10-2(1(27)28,5(14,15)16)29-9(25,26)4(13,7(20,21)22)30-8(23,24)3(11,12)6(17,18)19;;/h(H,27,28);;/q;+1;-1. The summed E-state index contributed by atoms with van der Waals surface area (Å²) in [6.07, 6.45) is -38.8. The van der Waals surface area contributed by atoms with Gasteiger partial charge in [0.05, 0.1) is 0 Å². The van der Waals surface area contributed by atoms with Gasteiger partial charge in [-0.25, -0.2) is 4.79 Å². The van der Waals surface area contributed by atoms with E-state index in [0.717, 1.165) is 0 Å². The van der Waals surface area contributed by atoms with Gasteiger partial charge in [0.2, 0.25) is 0 Å². The molecule has 0 aromatic rings. The summed E-state index contributed by atoms with van der Waals surface area (Å²) in [5.41, 5.74) is 0. The Balaban J connectivity index is -0.00000420. The second kappa shape index (κ2) is 8.52. The van der Waals surface area contributed by atoms with Crippen LogP contribution >= 0.6 is 0 Å². The zero-order valence-electron chi connectivity index (χ0n) is 14.6.